The normalized spacial score (nSPS) is 10.9. The van der Waals surface area contributed by atoms with Crippen LogP contribution in [0, 0.1) is 11.6 Å². The summed E-state index contributed by atoms with van der Waals surface area (Å²) in [4.78, 5) is 36.0. The summed E-state index contributed by atoms with van der Waals surface area (Å²) in [7, 11) is 0. The predicted octanol–water partition coefficient (Wildman–Crippen LogP) is 4.14. The largest absolute Gasteiger partial charge is 0.452 e. The lowest BCUT2D eigenvalue weighted by Gasteiger charge is -2.07. The maximum absolute atomic E-state index is 13.1. The summed E-state index contributed by atoms with van der Waals surface area (Å²) in [5.74, 6) is -4.28. The lowest BCUT2D eigenvalue weighted by Crippen LogP contribution is -2.35. The third-order valence-electron chi connectivity index (χ3n) is 3.93. The molecular weight excluding hydrogens is 450 g/mol. The average molecular weight is 465 g/mol. The Morgan fingerprint density at radius 2 is 1.84 bits per heavy atom. The molecule has 0 radical (unpaired) electrons. The monoisotopic (exact) mass is 464 g/mol. The molecule has 0 unspecified atom stereocenters. The van der Waals surface area contributed by atoms with E-state index in [9.17, 15) is 23.2 Å². The zero-order valence-electron chi connectivity index (χ0n) is 15.8. The molecule has 0 fully saturated rings. The summed E-state index contributed by atoms with van der Waals surface area (Å²) in [6, 6.07) is 10.4. The third kappa shape index (κ3) is 6.09. The van der Waals surface area contributed by atoms with Gasteiger partial charge in [0, 0.05) is 32.8 Å². The number of hydrogen-bond acceptors (Lipinski definition) is 5. The van der Waals surface area contributed by atoms with Crippen LogP contribution >= 0.6 is 22.9 Å². The van der Waals surface area contributed by atoms with Crippen LogP contribution in [0.25, 0.3) is 16.2 Å². The molecule has 2 N–H and O–H groups in total. The average Bonchev–Trinajstić information content (AvgIpc) is 3.07. The molecule has 0 aliphatic carbocycles. The Bertz CT molecular complexity index is 1180. The van der Waals surface area contributed by atoms with Gasteiger partial charge in [0.1, 0.15) is 0 Å². The first-order chi connectivity index (χ1) is 14.8. The van der Waals surface area contributed by atoms with Gasteiger partial charge in [0.05, 0.1) is 11.6 Å². The number of nitrogens with one attached hydrogen (secondary N) is 2. The highest BCUT2D eigenvalue weighted by molar-refractivity contribution is 7.20. The lowest BCUT2D eigenvalue weighted by molar-refractivity contribution is -0.143. The van der Waals surface area contributed by atoms with E-state index in [1.807, 2.05) is 24.3 Å². The quantitative estimate of drug-likeness (QED) is 0.406. The minimum atomic E-state index is -1.11. The molecular formula is C21H15ClF2N2O4S. The van der Waals surface area contributed by atoms with E-state index >= 15 is 0 Å². The number of carbonyl (C=O) groups excluding carboxylic acids is 3. The molecule has 0 spiro atoms. The number of amides is 2. The van der Waals surface area contributed by atoms with Gasteiger partial charge in [-0.15, -0.1) is 11.3 Å². The van der Waals surface area contributed by atoms with Gasteiger partial charge in [0.25, 0.3) is 5.91 Å². The predicted molar refractivity (Wildman–Crippen MR) is 115 cm³/mol. The van der Waals surface area contributed by atoms with Gasteiger partial charge < -0.3 is 15.4 Å². The summed E-state index contributed by atoms with van der Waals surface area (Å²) in [6.07, 6.45) is 2.65. The minimum Gasteiger partial charge on any atom is -0.452 e. The van der Waals surface area contributed by atoms with Crippen molar-refractivity contribution in [2.75, 3.05) is 18.5 Å². The van der Waals surface area contributed by atoms with Crippen LogP contribution in [-0.2, 0) is 19.1 Å². The van der Waals surface area contributed by atoms with Crippen LogP contribution in [0.5, 0.6) is 0 Å². The van der Waals surface area contributed by atoms with Crippen molar-refractivity contribution in [2.24, 2.45) is 0 Å². The molecule has 2 aromatic carbocycles. The van der Waals surface area contributed by atoms with E-state index < -0.39 is 42.6 Å². The molecule has 0 saturated carbocycles. The van der Waals surface area contributed by atoms with Crippen molar-refractivity contribution in [1.82, 2.24) is 5.32 Å². The number of ether oxygens (including phenoxy) is 1. The van der Waals surface area contributed by atoms with Crippen LogP contribution in [0.3, 0.4) is 0 Å². The molecule has 31 heavy (non-hydrogen) atoms. The molecule has 1 aromatic heterocycles. The van der Waals surface area contributed by atoms with Crippen LogP contribution in [0.2, 0.25) is 5.02 Å². The van der Waals surface area contributed by atoms with Crippen molar-refractivity contribution in [3.63, 3.8) is 0 Å². The zero-order chi connectivity index (χ0) is 22.4. The molecule has 0 saturated heterocycles. The van der Waals surface area contributed by atoms with E-state index in [0.717, 1.165) is 28.3 Å². The van der Waals surface area contributed by atoms with E-state index in [1.54, 1.807) is 0 Å². The first-order valence-electron chi connectivity index (χ1n) is 8.87. The van der Waals surface area contributed by atoms with Crippen molar-refractivity contribution in [1.29, 1.82) is 0 Å². The highest BCUT2D eigenvalue weighted by atomic mass is 35.5. The minimum absolute atomic E-state index is 0.0367. The standard InChI is InChI=1S/C21H15ClF2N2O4S/c22-21-13-3-1-2-4-16(13)31-17(21)7-8-20(29)30-11-19(28)25-10-18(27)26-12-5-6-14(23)15(24)9-12/h1-9H,10-11H2,(H,25,28)(H,26,27)/b8-7+. The zero-order valence-corrected chi connectivity index (χ0v) is 17.4. The maximum atomic E-state index is 13.1. The number of hydrogen-bond donors (Lipinski definition) is 2. The number of thiophene rings is 1. The first-order valence-corrected chi connectivity index (χ1v) is 10.1. The summed E-state index contributed by atoms with van der Waals surface area (Å²) in [5, 5.41) is 5.94. The molecule has 6 nitrogen and oxygen atoms in total. The molecule has 2 amide bonds. The van der Waals surface area contributed by atoms with Gasteiger partial charge in [-0.25, -0.2) is 13.6 Å². The van der Waals surface area contributed by atoms with Crippen LogP contribution < -0.4 is 10.6 Å². The van der Waals surface area contributed by atoms with Crippen molar-refractivity contribution >= 4 is 62.6 Å². The molecule has 0 bridgehead atoms. The Labute approximate surface area is 184 Å². The van der Waals surface area contributed by atoms with Gasteiger partial charge in [-0.3, -0.25) is 9.59 Å². The van der Waals surface area contributed by atoms with Crippen LogP contribution in [0.15, 0.2) is 48.5 Å². The Hall–Kier alpha value is -3.30. The molecule has 1 heterocycles. The topological polar surface area (TPSA) is 84.5 Å². The Morgan fingerprint density at radius 1 is 1.06 bits per heavy atom. The number of halogens is 3. The molecule has 0 aliphatic rings. The highest BCUT2D eigenvalue weighted by Crippen LogP contribution is 2.35. The summed E-state index contributed by atoms with van der Waals surface area (Å²) in [5.41, 5.74) is 0.0367. The van der Waals surface area contributed by atoms with Crippen LogP contribution in [0.4, 0.5) is 14.5 Å². The number of fused-ring (bicyclic) bond motifs is 1. The molecule has 3 rings (SSSR count). The van der Waals surface area contributed by atoms with Gasteiger partial charge in [-0.2, -0.15) is 0 Å². The number of esters is 1. The van der Waals surface area contributed by atoms with Gasteiger partial charge in [0.2, 0.25) is 5.91 Å². The highest BCUT2D eigenvalue weighted by Gasteiger charge is 2.11. The number of carbonyl (C=O) groups is 3. The summed E-state index contributed by atoms with van der Waals surface area (Å²) in [6.45, 7) is -1.04. The molecule has 0 atom stereocenters. The lowest BCUT2D eigenvalue weighted by atomic mass is 10.2. The van der Waals surface area contributed by atoms with Gasteiger partial charge >= 0.3 is 5.97 Å². The second-order valence-electron chi connectivity index (χ2n) is 6.17. The summed E-state index contributed by atoms with van der Waals surface area (Å²) < 4.78 is 31.8. The second kappa shape index (κ2) is 10.1. The summed E-state index contributed by atoms with van der Waals surface area (Å²) >= 11 is 7.69. The Balaban J connectivity index is 1.42. The van der Waals surface area contributed by atoms with Crippen molar-refractivity contribution in [3.8, 4) is 0 Å². The molecule has 160 valence electrons. The fourth-order valence-corrected chi connectivity index (χ4v) is 3.88. The molecule has 10 heteroatoms. The SMILES string of the molecule is O=C(COC(=O)/C=C/c1sc2ccccc2c1Cl)NCC(=O)Nc1ccc(F)c(F)c1. The van der Waals surface area contributed by atoms with Gasteiger partial charge in [-0.1, -0.05) is 29.8 Å². The van der Waals surface area contributed by atoms with E-state index in [-0.39, 0.29) is 5.69 Å². The fourth-order valence-electron chi connectivity index (χ4n) is 2.48. The van der Waals surface area contributed by atoms with E-state index in [4.69, 9.17) is 16.3 Å². The Kier molecular flexibility index (Phi) is 7.32. The van der Waals surface area contributed by atoms with Crippen LogP contribution in [-0.4, -0.2) is 30.9 Å². The van der Waals surface area contributed by atoms with Gasteiger partial charge in [0.15, 0.2) is 18.2 Å². The van der Waals surface area contributed by atoms with E-state index in [2.05, 4.69) is 10.6 Å². The van der Waals surface area contributed by atoms with Crippen molar-refractivity contribution < 1.29 is 27.9 Å². The first kappa shape index (κ1) is 22.4. The smallest absolute Gasteiger partial charge is 0.331 e. The second-order valence-corrected chi connectivity index (χ2v) is 7.63. The maximum Gasteiger partial charge on any atom is 0.331 e. The van der Waals surface area contributed by atoms with Gasteiger partial charge in [-0.05, 0) is 24.3 Å². The van der Waals surface area contributed by atoms with Crippen LogP contribution in [0.1, 0.15) is 4.88 Å². The van der Waals surface area contributed by atoms with E-state index in [0.29, 0.717) is 9.90 Å². The van der Waals surface area contributed by atoms with E-state index in [1.165, 1.54) is 23.5 Å². The third-order valence-corrected chi connectivity index (χ3v) is 5.58. The number of rotatable bonds is 7. The molecule has 3 aromatic rings. The number of benzene rings is 2. The molecule has 0 aliphatic heterocycles. The fraction of sp³-hybridized carbons (Fsp3) is 0.0952. The van der Waals surface area contributed by atoms with Crippen molar-refractivity contribution in [2.45, 2.75) is 0 Å². The van der Waals surface area contributed by atoms with Crippen molar-refractivity contribution in [3.05, 3.63) is 70.1 Å². The number of anilines is 1. The Morgan fingerprint density at radius 3 is 2.58 bits per heavy atom.